The van der Waals surface area contributed by atoms with Crippen LogP contribution in [0.3, 0.4) is 0 Å². The van der Waals surface area contributed by atoms with Crippen LogP contribution in [0.2, 0.25) is 0 Å². The maximum Gasteiger partial charge on any atom is 0.315 e. The van der Waals surface area contributed by atoms with Crippen molar-refractivity contribution < 1.29 is 33.6 Å². The largest absolute Gasteiger partial charge is 0.333 e. The Kier molecular flexibility index (Phi) is 13.1. The summed E-state index contributed by atoms with van der Waals surface area (Å²) in [5.74, 6) is -0.401. The van der Waals surface area contributed by atoms with E-state index in [0.717, 1.165) is 57.8 Å². The van der Waals surface area contributed by atoms with Crippen molar-refractivity contribution in [3.05, 3.63) is 12.7 Å². The first-order chi connectivity index (χ1) is 26.3. The van der Waals surface area contributed by atoms with Gasteiger partial charge in [-0.1, -0.05) is 66.9 Å². The molecule has 0 aromatic rings. The smallest absolute Gasteiger partial charge is 0.315 e. The van der Waals surface area contributed by atoms with Crippen LogP contribution < -0.4 is 10.6 Å². The van der Waals surface area contributed by atoms with Crippen molar-refractivity contribution in [1.29, 1.82) is 0 Å². The van der Waals surface area contributed by atoms with Crippen molar-refractivity contribution in [1.82, 2.24) is 20.4 Å². The zero-order valence-corrected chi connectivity index (χ0v) is 34.8. The Bertz CT molecular complexity index is 1600. The number of Topliss-reactive ketones (excluding diaryl/α,β-unsaturated/α-hetero) is 3. The first-order valence-electron chi connectivity index (χ1n) is 21.1. The molecule has 308 valence electrons. The second-order valence-electron chi connectivity index (χ2n) is 19.9. The molecule has 1 unspecified atom stereocenters. The minimum atomic E-state index is -0.939. The van der Waals surface area contributed by atoms with Gasteiger partial charge in [-0.15, -0.1) is 18.9 Å². The first kappa shape index (κ1) is 43.3. The zero-order chi connectivity index (χ0) is 41.2. The number of hydrogen-bond donors (Lipinski definition) is 2. The van der Waals surface area contributed by atoms with Crippen LogP contribution >= 0.6 is 0 Å². The van der Waals surface area contributed by atoms with E-state index in [4.69, 9.17) is 6.42 Å². The lowest BCUT2D eigenvalue weighted by Gasteiger charge is -2.43. The molecule has 3 saturated carbocycles. The number of amides is 5. The van der Waals surface area contributed by atoms with Gasteiger partial charge in [0.15, 0.2) is 11.6 Å². The Morgan fingerprint density at radius 3 is 2.18 bits per heavy atom. The number of piperidine rings is 1. The second-order valence-corrected chi connectivity index (χ2v) is 19.9. The van der Waals surface area contributed by atoms with Gasteiger partial charge in [0.2, 0.25) is 23.5 Å². The summed E-state index contributed by atoms with van der Waals surface area (Å²) in [7, 11) is 0. The molecule has 1 spiro atoms. The van der Waals surface area contributed by atoms with Crippen LogP contribution in [-0.2, 0) is 28.8 Å². The molecule has 11 heteroatoms. The third-order valence-corrected chi connectivity index (χ3v) is 14.0. The second kappa shape index (κ2) is 17.0. The number of ketones is 3. The number of carbonyl (C=O) groups is 7. The topological polar surface area (TPSA) is 150 Å². The molecule has 0 aromatic carbocycles. The van der Waals surface area contributed by atoms with Crippen LogP contribution in [0.4, 0.5) is 4.79 Å². The molecule has 2 heterocycles. The van der Waals surface area contributed by atoms with Crippen LogP contribution in [-0.4, -0.2) is 82.1 Å². The number of rotatable bonds is 16. The number of nitrogens with one attached hydrogen (secondary N) is 2. The van der Waals surface area contributed by atoms with Gasteiger partial charge in [-0.3, -0.25) is 33.7 Å². The fourth-order valence-electron chi connectivity index (χ4n) is 10.3. The highest BCUT2D eigenvalue weighted by atomic mass is 16.2. The number of urea groups is 1. The maximum absolute atomic E-state index is 15.2. The molecule has 56 heavy (non-hydrogen) atoms. The first-order valence-corrected chi connectivity index (χ1v) is 21.1. The van der Waals surface area contributed by atoms with Crippen molar-refractivity contribution in [3.63, 3.8) is 0 Å². The highest BCUT2D eigenvalue weighted by Crippen LogP contribution is 2.66. The van der Waals surface area contributed by atoms with Crippen molar-refractivity contribution in [2.45, 2.75) is 162 Å². The van der Waals surface area contributed by atoms with Gasteiger partial charge in [-0.25, -0.2) is 4.79 Å². The highest BCUT2D eigenvalue weighted by Gasteiger charge is 2.64. The summed E-state index contributed by atoms with van der Waals surface area (Å²) in [5, 5.41) is 6.15. The summed E-state index contributed by atoms with van der Waals surface area (Å²) in [6.45, 7) is 15.7. The fourth-order valence-corrected chi connectivity index (χ4v) is 10.3. The number of nitrogens with zero attached hydrogens (tertiary/aromatic N) is 2. The summed E-state index contributed by atoms with van der Waals surface area (Å²) in [6.07, 6.45) is 16.5. The molecule has 2 N–H and O–H groups in total. The van der Waals surface area contributed by atoms with Gasteiger partial charge in [-0.05, 0) is 84.9 Å². The summed E-state index contributed by atoms with van der Waals surface area (Å²) < 4.78 is 0. The van der Waals surface area contributed by atoms with E-state index >= 15 is 4.79 Å². The van der Waals surface area contributed by atoms with E-state index in [1.54, 1.807) is 11.0 Å². The third kappa shape index (κ3) is 9.48. The minimum absolute atomic E-state index is 0.0182. The summed E-state index contributed by atoms with van der Waals surface area (Å²) >= 11 is 0. The summed E-state index contributed by atoms with van der Waals surface area (Å²) in [4.78, 5) is 99.5. The molecule has 0 radical (unpaired) electrons. The van der Waals surface area contributed by atoms with Crippen LogP contribution in [0.25, 0.3) is 0 Å². The van der Waals surface area contributed by atoms with Gasteiger partial charge < -0.3 is 15.5 Å². The molecule has 0 aromatic heterocycles. The standard InChI is InChI=1S/C45H66N4O7/c1-9-11-16-29(38(54)32(50)17-12-10-2)24-33(51)37-30-18-21-45(22-23-45)31(30)27-49(37)40(55)39(44(8)19-14-13-15-20-44)47-41(56)46-34(42(3,4)5)28-48-35(52)25-43(6,7)26-36(48)53/h1,10,29-31,34,37,39H,2,11-28H2,3-8H3,(H2,46,47,56)/t29?,30-,31-,34+,37-,39+/m0/s1. The van der Waals surface area contributed by atoms with Crippen LogP contribution in [0.5, 0.6) is 0 Å². The lowest BCUT2D eigenvalue weighted by atomic mass is 9.70. The van der Waals surface area contributed by atoms with E-state index in [0.29, 0.717) is 13.0 Å². The Balaban J connectivity index is 1.41. The molecule has 6 atom stereocenters. The lowest BCUT2D eigenvalue weighted by molar-refractivity contribution is -0.153. The predicted octanol–water partition coefficient (Wildman–Crippen LogP) is 6.32. The average Bonchev–Trinajstić information content (AvgIpc) is 3.69. The number of imide groups is 1. The van der Waals surface area contributed by atoms with E-state index < -0.39 is 57.9 Å². The number of likely N-dealkylation sites (tertiary alicyclic amines) is 2. The zero-order valence-electron chi connectivity index (χ0n) is 34.8. The minimum Gasteiger partial charge on any atom is -0.333 e. The van der Waals surface area contributed by atoms with Crippen molar-refractivity contribution in [2.24, 2.45) is 39.4 Å². The van der Waals surface area contributed by atoms with Gasteiger partial charge in [0, 0.05) is 51.1 Å². The Morgan fingerprint density at radius 1 is 0.964 bits per heavy atom. The molecule has 5 fully saturated rings. The maximum atomic E-state index is 15.2. The molecule has 5 aliphatic rings. The van der Waals surface area contributed by atoms with Gasteiger partial charge in [-0.2, -0.15) is 0 Å². The highest BCUT2D eigenvalue weighted by molar-refractivity contribution is 6.38. The van der Waals surface area contributed by atoms with Crippen molar-refractivity contribution >= 4 is 41.1 Å². The van der Waals surface area contributed by atoms with Crippen molar-refractivity contribution in [2.75, 3.05) is 13.1 Å². The molecular weight excluding hydrogens is 709 g/mol. The Labute approximate surface area is 334 Å². The van der Waals surface area contributed by atoms with Crippen LogP contribution in [0.1, 0.15) is 144 Å². The van der Waals surface area contributed by atoms with E-state index in [1.165, 1.54) is 4.90 Å². The fraction of sp³-hybridized carbons (Fsp3) is 0.756. The number of carbonyl (C=O) groups excluding carboxylic acids is 7. The van der Waals surface area contributed by atoms with Gasteiger partial charge in [0.1, 0.15) is 6.04 Å². The van der Waals surface area contributed by atoms with Gasteiger partial charge in [0.05, 0.1) is 12.1 Å². The molecule has 5 amide bonds. The lowest BCUT2D eigenvalue weighted by Crippen LogP contribution is -2.63. The number of terminal acetylenes is 1. The van der Waals surface area contributed by atoms with E-state index in [2.05, 4.69) is 23.1 Å². The molecule has 2 aliphatic heterocycles. The number of allylic oxidation sites excluding steroid dienone is 1. The van der Waals surface area contributed by atoms with Crippen LogP contribution in [0.15, 0.2) is 12.7 Å². The van der Waals surface area contributed by atoms with Crippen molar-refractivity contribution in [3.8, 4) is 12.3 Å². The average molecular weight is 775 g/mol. The molecule has 2 saturated heterocycles. The Hall–Kier alpha value is -3.81. The monoisotopic (exact) mass is 774 g/mol. The Morgan fingerprint density at radius 2 is 1.61 bits per heavy atom. The summed E-state index contributed by atoms with van der Waals surface area (Å²) in [5.41, 5.74) is -1.43. The molecule has 5 rings (SSSR count). The van der Waals surface area contributed by atoms with Gasteiger partial charge >= 0.3 is 6.03 Å². The van der Waals surface area contributed by atoms with Gasteiger partial charge in [0.25, 0.3) is 0 Å². The van der Waals surface area contributed by atoms with E-state index in [-0.39, 0.29) is 85.8 Å². The molecular formula is C45H66N4O7. The predicted molar refractivity (Wildman–Crippen MR) is 214 cm³/mol. The van der Waals surface area contributed by atoms with E-state index in [1.807, 2.05) is 41.5 Å². The van der Waals surface area contributed by atoms with Crippen LogP contribution in [0, 0.1) is 51.8 Å². The normalized spacial score (nSPS) is 26.4. The SMILES string of the molecule is C#CCCC(CC(=O)[C@@H]1[C@H]2CCC3(CC3)[C@H]2CN1C(=O)[C@@H](NC(=O)N[C@H](CN1C(=O)CC(C)(C)CC1=O)C(C)(C)C)C1(C)CCCCC1)C(=O)C(=O)CCC=C. The quantitative estimate of drug-likeness (QED) is 0.0806. The molecule has 3 aliphatic carbocycles. The third-order valence-electron chi connectivity index (χ3n) is 14.0. The number of hydrogen-bond acceptors (Lipinski definition) is 7. The molecule has 11 nitrogen and oxygen atoms in total. The summed E-state index contributed by atoms with van der Waals surface area (Å²) in [6, 6.07) is -2.87. The van der Waals surface area contributed by atoms with E-state index in [9.17, 15) is 28.8 Å². The molecule has 0 bridgehead atoms. The number of fused-ring (bicyclic) bond motifs is 2.